The molecule has 0 aromatic carbocycles. The smallest absolute Gasteiger partial charge is 0.475 e. The molecule has 1 amide bonds. The first-order chi connectivity index (χ1) is 15.7. The lowest BCUT2D eigenvalue weighted by Crippen LogP contribution is -2.49. The summed E-state index contributed by atoms with van der Waals surface area (Å²) in [7, 11) is 0. The lowest BCUT2D eigenvalue weighted by atomic mass is 9.78. The zero-order valence-electron chi connectivity index (χ0n) is 18.6. The molecule has 1 aromatic rings. The summed E-state index contributed by atoms with van der Waals surface area (Å²) < 4.78 is 43.8. The van der Waals surface area contributed by atoms with Gasteiger partial charge in [-0.2, -0.15) is 13.2 Å². The fraction of sp³-hybridized carbons (Fsp3) is 0.696. The predicted octanol–water partition coefficient (Wildman–Crippen LogP) is 3.82. The number of piperidine rings is 1. The number of carboxylic acid groups (broad SMARTS) is 1. The van der Waals surface area contributed by atoms with Crippen molar-refractivity contribution in [3.63, 3.8) is 0 Å². The molecular weight excluding hydrogens is 441 g/mol. The lowest BCUT2D eigenvalue weighted by Gasteiger charge is -2.42. The van der Waals surface area contributed by atoms with Gasteiger partial charge >= 0.3 is 12.1 Å². The molecule has 1 saturated carbocycles. The van der Waals surface area contributed by atoms with Crippen molar-refractivity contribution in [1.82, 2.24) is 9.88 Å². The topological polar surface area (TPSA) is 89.0 Å². The van der Waals surface area contributed by atoms with Gasteiger partial charge in [-0.25, -0.2) is 4.79 Å². The summed E-state index contributed by atoms with van der Waals surface area (Å²) in [5.41, 5.74) is 1.15. The average Bonchev–Trinajstić information content (AvgIpc) is 3.52. The number of aromatic nitrogens is 1. The fourth-order valence-corrected chi connectivity index (χ4v) is 4.47. The van der Waals surface area contributed by atoms with Gasteiger partial charge in [0.15, 0.2) is 0 Å². The van der Waals surface area contributed by atoms with E-state index in [0.29, 0.717) is 24.3 Å². The number of pyridine rings is 1. The molecule has 33 heavy (non-hydrogen) atoms. The van der Waals surface area contributed by atoms with Gasteiger partial charge in [-0.15, -0.1) is 0 Å². The second-order valence-electron chi connectivity index (χ2n) is 8.93. The van der Waals surface area contributed by atoms with Crippen LogP contribution in [0.4, 0.5) is 13.2 Å². The summed E-state index contributed by atoms with van der Waals surface area (Å²) in [5.74, 6) is -1.17. The first-order valence-corrected chi connectivity index (χ1v) is 11.4. The fourth-order valence-electron chi connectivity index (χ4n) is 4.47. The molecular formula is C23H31F3N2O5. The van der Waals surface area contributed by atoms with Crippen LogP contribution in [0, 0.1) is 11.8 Å². The summed E-state index contributed by atoms with van der Waals surface area (Å²) in [6.45, 7) is 3.99. The highest BCUT2D eigenvalue weighted by atomic mass is 19.4. The molecule has 1 atom stereocenters. The van der Waals surface area contributed by atoms with Crippen molar-refractivity contribution in [2.45, 2.75) is 63.3 Å². The van der Waals surface area contributed by atoms with Crippen LogP contribution in [0.5, 0.6) is 0 Å². The van der Waals surface area contributed by atoms with Gasteiger partial charge in [0, 0.05) is 45.1 Å². The van der Waals surface area contributed by atoms with Gasteiger partial charge in [-0.1, -0.05) is 0 Å². The van der Waals surface area contributed by atoms with Crippen LogP contribution in [-0.2, 0) is 25.7 Å². The molecule has 4 rings (SSSR count). The Morgan fingerprint density at radius 1 is 1.18 bits per heavy atom. The van der Waals surface area contributed by atoms with Gasteiger partial charge in [0.2, 0.25) is 5.91 Å². The molecule has 10 heteroatoms. The highest BCUT2D eigenvalue weighted by molar-refractivity contribution is 5.76. The third-order valence-electron chi connectivity index (χ3n) is 6.59. The molecule has 7 nitrogen and oxygen atoms in total. The maximum absolute atomic E-state index is 12.3. The molecule has 0 bridgehead atoms. The first-order valence-electron chi connectivity index (χ1n) is 11.4. The van der Waals surface area contributed by atoms with Gasteiger partial charge in [0.05, 0.1) is 12.2 Å². The molecule has 3 heterocycles. The zero-order valence-corrected chi connectivity index (χ0v) is 18.6. The Balaban J connectivity index is 0.000000383. The number of hydrogen-bond acceptors (Lipinski definition) is 5. The molecule has 1 spiro atoms. The lowest BCUT2D eigenvalue weighted by molar-refractivity contribution is -0.192. The molecule has 2 aliphatic heterocycles. The van der Waals surface area contributed by atoms with E-state index in [4.69, 9.17) is 19.4 Å². The Hall–Kier alpha value is -2.20. The van der Waals surface area contributed by atoms with E-state index >= 15 is 0 Å². The van der Waals surface area contributed by atoms with Crippen molar-refractivity contribution in [2.24, 2.45) is 11.8 Å². The summed E-state index contributed by atoms with van der Waals surface area (Å²) >= 11 is 0. The van der Waals surface area contributed by atoms with Crippen molar-refractivity contribution in [2.75, 3.05) is 26.3 Å². The van der Waals surface area contributed by atoms with Crippen LogP contribution < -0.4 is 0 Å². The van der Waals surface area contributed by atoms with Crippen molar-refractivity contribution < 1.29 is 37.3 Å². The molecule has 2 saturated heterocycles. The van der Waals surface area contributed by atoms with Crippen LogP contribution >= 0.6 is 0 Å². The monoisotopic (exact) mass is 472 g/mol. The minimum atomic E-state index is -5.08. The second kappa shape index (κ2) is 11.3. The number of carboxylic acids is 1. The van der Waals surface area contributed by atoms with Gasteiger partial charge in [-0.3, -0.25) is 9.78 Å². The minimum absolute atomic E-state index is 0.0175. The van der Waals surface area contributed by atoms with Gasteiger partial charge in [0.1, 0.15) is 0 Å². The van der Waals surface area contributed by atoms with Gasteiger partial charge in [0.25, 0.3) is 0 Å². The largest absolute Gasteiger partial charge is 0.490 e. The van der Waals surface area contributed by atoms with Crippen molar-refractivity contribution in [1.29, 1.82) is 0 Å². The van der Waals surface area contributed by atoms with Crippen LogP contribution in [-0.4, -0.2) is 64.9 Å². The first kappa shape index (κ1) is 25.4. The predicted molar refractivity (Wildman–Crippen MR) is 112 cm³/mol. The molecule has 184 valence electrons. The maximum Gasteiger partial charge on any atom is 0.490 e. The molecule has 3 fully saturated rings. The standard InChI is InChI=1S/C21H30N2O3.C2HF3O2/c24-20(15-17-1-2-17)23-11-7-21(8-12-23)19(6-14-26-21)5-13-25-16-18-3-9-22-10-4-18;3-2(4,5)1(6)7/h3-4,9-10,17,19H,1-2,5-8,11-16H2;(H,6,7). The SMILES string of the molecule is O=C(CC1CC1)N1CCC2(CC1)OCCC2CCOCc1ccncc1.O=C(O)C(F)(F)F. The number of halogens is 3. The van der Waals surface area contributed by atoms with E-state index in [1.165, 1.54) is 18.4 Å². The highest BCUT2D eigenvalue weighted by Gasteiger charge is 2.46. The minimum Gasteiger partial charge on any atom is -0.475 e. The molecule has 1 N–H and O–H groups in total. The normalized spacial score (nSPS) is 22.0. The number of carbonyl (C=O) groups excluding carboxylic acids is 1. The number of rotatable bonds is 7. The average molecular weight is 473 g/mol. The van der Waals surface area contributed by atoms with E-state index in [1.54, 1.807) is 12.4 Å². The Morgan fingerprint density at radius 3 is 2.39 bits per heavy atom. The number of hydrogen-bond donors (Lipinski definition) is 1. The van der Waals surface area contributed by atoms with Crippen LogP contribution in [0.2, 0.25) is 0 Å². The van der Waals surface area contributed by atoms with E-state index in [2.05, 4.69) is 9.88 Å². The van der Waals surface area contributed by atoms with E-state index in [1.807, 2.05) is 12.1 Å². The maximum atomic E-state index is 12.3. The van der Waals surface area contributed by atoms with Crippen LogP contribution in [0.15, 0.2) is 24.5 Å². The van der Waals surface area contributed by atoms with E-state index in [-0.39, 0.29) is 5.60 Å². The molecule has 0 radical (unpaired) electrons. The summed E-state index contributed by atoms with van der Waals surface area (Å²) in [6.07, 6.45) is 5.91. The quantitative estimate of drug-likeness (QED) is 0.607. The van der Waals surface area contributed by atoms with E-state index in [0.717, 1.165) is 58.4 Å². The van der Waals surface area contributed by atoms with Gasteiger partial charge < -0.3 is 19.5 Å². The number of amides is 1. The van der Waals surface area contributed by atoms with Crippen LogP contribution in [0.25, 0.3) is 0 Å². The molecule has 1 aliphatic carbocycles. The number of likely N-dealkylation sites (tertiary alicyclic amines) is 1. The molecule has 3 aliphatic rings. The highest BCUT2D eigenvalue weighted by Crippen LogP contribution is 2.43. The van der Waals surface area contributed by atoms with E-state index in [9.17, 15) is 18.0 Å². The van der Waals surface area contributed by atoms with Gasteiger partial charge in [-0.05, 0) is 68.1 Å². The zero-order chi connectivity index (χ0) is 23.9. The third-order valence-corrected chi connectivity index (χ3v) is 6.59. The Kier molecular flexibility index (Phi) is 8.69. The summed E-state index contributed by atoms with van der Waals surface area (Å²) in [5, 5.41) is 7.12. The number of alkyl halides is 3. The van der Waals surface area contributed by atoms with Crippen LogP contribution in [0.1, 0.15) is 50.5 Å². The Morgan fingerprint density at radius 2 is 1.82 bits per heavy atom. The van der Waals surface area contributed by atoms with Crippen molar-refractivity contribution >= 4 is 11.9 Å². The summed E-state index contributed by atoms with van der Waals surface area (Å²) in [4.78, 5) is 27.3. The number of nitrogens with zero attached hydrogens (tertiary/aromatic N) is 2. The Bertz CT molecular complexity index is 778. The van der Waals surface area contributed by atoms with Crippen molar-refractivity contribution in [3.8, 4) is 0 Å². The number of carbonyl (C=O) groups is 2. The van der Waals surface area contributed by atoms with E-state index < -0.39 is 12.1 Å². The third kappa shape index (κ3) is 7.67. The molecule has 1 aromatic heterocycles. The Labute approximate surface area is 191 Å². The number of aliphatic carboxylic acids is 1. The van der Waals surface area contributed by atoms with Crippen LogP contribution in [0.3, 0.4) is 0 Å². The molecule has 1 unspecified atom stereocenters. The second-order valence-corrected chi connectivity index (χ2v) is 8.93. The number of ether oxygens (including phenoxy) is 2. The van der Waals surface area contributed by atoms with Crippen molar-refractivity contribution in [3.05, 3.63) is 30.1 Å². The summed E-state index contributed by atoms with van der Waals surface area (Å²) in [6, 6.07) is 3.99.